The molecule has 0 aliphatic rings. The zero-order chi connectivity index (χ0) is 9.84. The molecule has 1 N–H and O–H groups in total. The van der Waals surface area contributed by atoms with Crippen molar-refractivity contribution in [1.82, 2.24) is 14.5 Å². The maximum Gasteiger partial charge on any atom is 0.326 e. The van der Waals surface area contributed by atoms with Gasteiger partial charge in [-0.1, -0.05) is 13.8 Å². The number of H-pyrrole nitrogens is 1. The molecule has 0 bridgehead atoms. The van der Waals surface area contributed by atoms with Gasteiger partial charge in [0.25, 0.3) is 0 Å². The van der Waals surface area contributed by atoms with Crippen LogP contribution in [0.1, 0.15) is 13.8 Å². The van der Waals surface area contributed by atoms with Gasteiger partial charge in [-0.25, -0.2) is 4.79 Å². The topological polar surface area (TPSA) is 50.7 Å². The minimum atomic E-state index is -0.104. The van der Waals surface area contributed by atoms with Gasteiger partial charge in [-0.3, -0.25) is 9.55 Å². The second kappa shape index (κ2) is 3.89. The van der Waals surface area contributed by atoms with E-state index in [2.05, 4.69) is 9.97 Å². The molecule has 2 heterocycles. The second-order valence-corrected chi connectivity index (χ2v) is 2.38. The number of fused-ring (bicyclic) bond motifs is 1. The zero-order valence-corrected chi connectivity index (χ0v) is 8.03. The molecule has 0 radical (unpaired) electrons. The zero-order valence-electron chi connectivity index (χ0n) is 8.03. The van der Waals surface area contributed by atoms with Crippen LogP contribution in [-0.4, -0.2) is 14.5 Å². The number of imidazole rings is 1. The molecule has 0 saturated heterocycles. The molecule has 0 saturated carbocycles. The molecule has 4 nitrogen and oxygen atoms in total. The Bertz CT molecular complexity index is 441. The van der Waals surface area contributed by atoms with E-state index in [-0.39, 0.29) is 5.69 Å². The number of pyridine rings is 1. The molecular weight excluding hydrogens is 166 g/mol. The van der Waals surface area contributed by atoms with Crippen molar-refractivity contribution < 1.29 is 0 Å². The van der Waals surface area contributed by atoms with Crippen LogP contribution in [0.15, 0.2) is 23.3 Å². The third-order valence-electron chi connectivity index (χ3n) is 1.71. The lowest BCUT2D eigenvalue weighted by molar-refractivity contribution is 0.890. The number of hydrogen-bond donors (Lipinski definition) is 1. The van der Waals surface area contributed by atoms with Crippen LogP contribution in [0.2, 0.25) is 0 Å². The minimum absolute atomic E-state index is 0.104. The fourth-order valence-corrected chi connectivity index (χ4v) is 1.07. The second-order valence-electron chi connectivity index (χ2n) is 2.38. The molecule has 2 rings (SSSR count). The number of aromatic amines is 1. The molecule has 0 unspecified atom stereocenters. The molecule has 4 heteroatoms. The van der Waals surface area contributed by atoms with Gasteiger partial charge in [-0.15, -0.1) is 0 Å². The van der Waals surface area contributed by atoms with Crippen molar-refractivity contribution in [2.24, 2.45) is 7.05 Å². The van der Waals surface area contributed by atoms with E-state index >= 15 is 0 Å². The molecule has 0 amide bonds. The van der Waals surface area contributed by atoms with Crippen LogP contribution in [0.3, 0.4) is 0 Å². The van der Waals surface area contributed by atoms with E-state index in [1.165, 1.54) is 4.57 Å². The van der Waals surface area contributed by atoms with E-state index in [0.29, 0.717) is 0 Å². The summed E-state index contributed by atoms with van der Waals surface area (Å²) >= 11 is 0. The number of aryl methyl sites for hydroxylation is 1. The molecule has 0 aliphatic heterocycles. The Morgan fingerprint density at radius 3 is 2.77 bits per heavy atom. The maximum absolute atomic E-state index is 11.0. The molecule has 13 heavy (non-hydrogen) atoms. The van der Waals surface area contributed by atoms with E-state index in [1.807, 2.05) is 13.8 Å². The molecule has 0 spiro atoms. The van der Waals surface area contributed by atoms with E-state index in [0.717, 1.165) is 11.0 Å². The van der Waals surface area contributed by atoms with Gasteiger partial charge in [0.15, 0.2) is 0 Å². The Hall–Kier alpha value is -1.58. The summed E-state index contributed by atoms with van der Waals surface area (Å²) in [7, 11) is 1.71. The summed E-state index contributed by atoms with van der Waals surface area (Å²) in [5.41, 5.74) is 1.55. The number of aromatic nitrogens is 3. The lowest BCUT2D eigenvalue weighted by Crippen LogP contribution is -2.11. The van der Waals surface area contributed by atoms with Gasteiger partial charge >= 0.3 is 5.69 Å². The lowest BCUT2D eigenvalue weighted by Gasteiger charge is -1.88. The first-order valence-electron chi connectivity index (χ1n) is 4.28. The highest BCUT2D eigenvalue weighted by molar-refractivity contribution is 5.73. The predicted molar refractivity (Wildman–Crippen MR) is 52.7 cm³/mol. The van der Waals surface area contributed by atoms with Crippen molar-refractivity contribution in [1.29, 1.82) is 0 Å². The average molecular weight is 179 g/mol. The Labute approximate surface area is 76.2 Å². The summed E-state index contributed by atoms with van der Waals surface area (Å²) in [6.45, 7) is 4.00. The van der Waals surface area contributed by atoms with Crippen LogP contribution in [-0.2, 0) is 7.05 Å². The lowest BCUT2D eigenvalue weighted by atomic mass is 10.4. The first kappa shape index (κ1) is 9.51. The van der Waals surface area contributed by atoms with Crippen LogP contribution in [0.5, 0.6) is 0 Å². The SMILES string of the molecule is CC.Cn1c(=O)[nH]c2ccncc21. The first-order chi connectivity index (χ1) is 6.29. The Balaban J connectivity index is 0.000000396. The van der Waals surface area contributed by atoms with Crippen LogP contribution < -0.4 is 5.69 Å². The smallest absolute Gasteiger partial charge is 0.305 e. The van der Waals surface area contributed by atoms with Gasteiger partial charge in [-0.2, -0.15) is 0 Å². The summed E-state index contributed by atoms with van der Waals surface area (Å²) in [5, 5.41) is 0. The van der Waals surface area contributed by atoms with Crippen molar-refractivity contribution in [2.75, 3.05) is 0 Å². The summed E-state index contributed by atoms with van der Waals surface area (Å²) < 4.78 is 1.53. The third kappa shape index (κ3) is 1.61. The highest BCUT2D eigenvalue weighted by Gasteiger charge is 1.99. The van der Waals surface area contributed by atoms with E-state index < -0.39 is 0 Å². The van der Waals surface area contributed by atoms with Gasteiger partial charge in [0.2, 0.25) is 0 Å². The Kier molecular flexibility index (Phi) is 2.84. The minimum Gasteiger partial charge on any atom is -0.305 e. The van der Waals surface area contributed by atoms with Crippen molar-refractivity contribution in [3.63, 3.8) is 0 Å². The summed E-state index contributed by atoms with van der Waals surface area (Å²) in [4.78, 5) is 17.6. The van der Waals surface area contributed by atoms with Crippen LogP contribution >= 0.6 is 0 Å². The molecular formula is C9H13N3O. The van der Waals surface area contributed by atoms with Crippen LogP contribution in [0.25, 0.3) is 11.0 Å². The van der Waals surface area contributed by atoms with E-state index in [9.17, 15) is 4.79 Å². The molecule has 0 atom stereocenters. The Morgan fingerprint density at radius 2 is 2.15 bits per heavy atom. The normalized spacial score (nSPS) is 9.46. The third-order valence-corrected chi connectivity index (χ3v) is 1.71. The summed E-state index contributed by atoms with van der Waals surface area (Å²) in [6.07, 6.45) is 3.31. The molecule has 2 aromatic heterocycles. The first-order valence-corrected chi connectivity index (χ1v) is 4.28. The fraction of sp³-hybridized carbons (Fsp3) is 0.333. The highest BCUT2D eigenvalue weighted by Crippen LogP contribution is 2.03. The van der Waals surface area contributed by atoms with Gasteiger partial charge in [0.05, 0.1) is 17.2 Å². The molecule has 0 aromatic carbocycles. The quantitative estimate of drug-likeness (QED) is 0.662. The van der Waals surface area contributed by atoms with E-state index in [4.69, 9.17) is 0 Å². The van der Waals surface area contributed by atoms with Gasteiger partial charge in [0, 0.05) is 13.2 Å². The standard InChI is InChI=1S/C7H7N3O.C2H6/c1-10-6-4-8-3-2-5(6)9-7(10)11;1-2/h2-4H,1H3,(H,9,11);1-2H3. The van der Waals surface area contributed by atoms with Crippen molar-refractivity contribution >= 4 is 11.0 Å². The molecule has 0 fully saturated rings. The fourth-order valence-electron chi connectivity index (χ4n) is 1.07. The number of hydrogen-bond acceptors (Lipinski definition) is 2. The predicted octanol–water partition coefficient (Wildman–Crippen LogP) is 1.29. The molecule has 2 aromatic rings. The molecule has 0 aliphatic carbocycles. The average Bonchev–Trinajstić information content (AvgIpc) is 2.47. The largest absolute Gasteiger partial charge is 0.326 e. The number of rotatable bonds is 0. The van der Waals surface area contributed by atoms with Crippen molar-refractivity contribution in [2.45, 2.75) is 13.8 Å². The Morgan fingerprint density at radius 1 is 1.46 bits per heavy atom. The van der Waals surface area contributed by atoms with Gasteiger partial charge in [0.1, 0.15) is 0 Å². The van der Waals surface area contributed by atoms with Gasteiger partial charge in [-0.05, 0) is 6.07 Å². The van der Waals surface area contributed by atoms with E-state index in [1.54, 1.807) is 25.5 Å². The molecule has 70 valence electrons. The monoisotopic (exact) mass is 179 g/mol. The van der Waals surface area contributed by atoms with Crippen molar-refractivity contribution in [3.8, 4) is 0 Å². The van der Waals surface area contributed by atoms with Gasteiger partial charge < -0.3 is 4.98 Å². The van der Waals surface area contributed by atoms with Crippen LogP contribution in [0, 0.1) is 0 Å². The number of nitrogens with zero attached hydrogens (tertiary/aromatic N) is 2. The maximum atomic E-state index is 11.0. The van der Waals surface area contributed by atoms with Crippen LogP contribution in [0.4, 0.5) is 0 Å². The summed E-state index contributed by atoms with van der Waals surface area (Å²) in [5.74, 6) is 0. The van der Waals surface area contributed by atoms with Crippen molar-refractivity contribution in [3.05, 3.63) is 28.9 Å². The highest BCUT2D eigenvalue weighted by atomic mass is 16.1. The number of nitrogens with one attached hydrogen (secondary N) is 1. The summed E-state index contributed by atoms with van der Waals surface area (Å²) in [6, 6.07) is 1.77.